The van der Waals surface area contributed by atoms with Gasteiger partial charge in [-0.15, -0.1) is 11.3 Å². The molecule has 0 fully saturated rings. The first-order chi connectivity index (χ1) is 8.88. The lowest BCUT2D eigenvalue weighted by Gasteiger charge is -2.20. The fourth-order valence-electron chi connectivity index (χ4n) is 2.02. The highest BCUT2D eigenvalue weighted by atomic mass is 79.9. The summed E-state index contributed by atoms with van der Waals surface area (Å²) in [5.41, 5.74) is 9.04. The third-order valence-corrected chi connectivity index (χ3v) is 5.25. The zero-order chi connectivity index (χ0) is 14.0. The quantitative estimate of drug-likeness (QED) is 0.833. The van der Waals surface area contributed by atoms with Crippen molar-refractivity contribution in [2.24, 2.45) is 5.73 Å². The number of benzene rings is 1. The zero-order valence-electron chi connectivity index (χ0n) is 11.6. The van der Waals surface area contributed by atoms with Gasteiger partial charge in [0.15, 0.2) is 0 Å². The molecule has 1 heterocycles. The van der Waals surface area contributed by atoms with E-state index in [1.807, 2.05) is 0 Å². The first kappa shape index (κ1) is 14.8. The first-order valence-electron chi connectivity index (χ1n) is 6.46. The number of nitrogens with two attached hydrogens (primary N) is 1. The third-order valence-electron chi connectivity index (χ3n) is 3.30. The van der Waals surface area contributed by atoms with Crippen molar-refractivity contribution in [2.45, 2.75) is 38.6 Å². The minimum absolute atomic E-state index is 0.0592. The summed E-state index contributed by atoms with van der Waals surface area (Å²) in [4.78, 5) is 1.31. The van der Waals surface area contributed by atoms with Crippen LogP contribution in [0.4, 0.5) is 0 Å². The van der Waals surface area contributed by atoms with Gasteiger partial charge in [0.25, 0.3) is 0 Å². The van der Waals surface area contributed by atoms with E-state index in [4.69, 9.17) is 5.73 Å². The second kappa shape index (κ2) is 5.78. The molecule has 0 aliphatic heterocycles. The molecule has 2 rings (SSSR count). The Morgan fingerprint density at radius 2 is 1.79 bits per heavy atom. The van der Waals surface area contributed by atoms with Crippen LogP contribution in [0.1, 0.15) is 42.8 Å². The molecule has 1 unspecified atom stereocenters. The van der Waals surface area contributed by atoms with Crippen molar-refractivity contribution in [1.82, 2.24) is 0 Å². The Hall–Kier alpha value is -0.640. The van der Waals surface area contributed by atoms with Crippen molar-refractivity contribution in [2.75, 3.05) is 0 Å². The molecular weight excluding hydrogens is 318 g/mol. The number of rotatable bonds is 3. The molecule has 3 heteroatoms. The molecule has 0 bridgehead atoms. The van der Waals surface area contributed by atoms with Crippen LogP contribution in [0.3, 0.4) is 0 Å². The second-order valence-electron chi connectivity index (χ2n) is 5.87. The van der Waals surface area contributed by atoms with E-state index in [1.54, 1.807) is 11.3 Å². The standard InChI is InChI=1S/C16H20BrNS/c1-16(2,3)12-6-4-11(5-7-12)14(18)10-15-13(17)8-9-19-15/h4-9,14H,10,18H2,1-3H3. The van der Waals surface area contributed by atoms with Crippen LogP contribution in [-0.2, 0) is 11.8 Å². The minimum Gasteiger partial charge on any atom is -0.324 e. The van der Waals surface area contributed by atoms with Gasteiger partial charge in [-0.2, -0.15) is 0 Å². The minimum atomic E-state index is 0.0592. The maximum atomic E-state index is 6.30. The summed E-state index contributed by atoms with van der Waals surface area (Å²) in [6.45, 7) is 6.68. The predicted molar refractivity (Wildman–Crippen MR) is 87.8 cm³/mol. The summed E-state index contributed by atoms with van der Waals surface area (Å²) >= 11 is 5.31. The molecule has 1 aromatic heterocycles. The molecule has 1 nitrogen and oxygen atoms in total. The molecule has 0 saturated carbocycles. The van der Waals surface area contributed by atoms with Gasteiger partial charge in [-0.1, -0.05) is 45.0 Å². The molecule has 1 aromatic carbocycles. The Kier molecular flexibility index (Phi) is 4.49. The number of hydrogen-bond acceptors (Lipinski definition) is 2. The fourth-order valence-corrected chi connectivity index (χ4v) is 3.59. The first-order valence-corrected chi connectivity index (χ1v) is 8.13. The summed E-state index contributed by atoms with van der Waals surface area (Å²) in [6, 6.07) is 10.8. The Balaban J connectivity index is 2.12. The van der Waals surface area contributed by atoms with Crippen molar-refractivity contribution in [3.63, 3.8) is 0 Å². The van der Waals surface area contributed by atoms with E-state index < -0.39 is 0 Å². The van der Waals surface area contributed by atoms with Gasteiger partial charge in [-0.25, -0.2) is 0 Å². The second-order valence-corrected chi connectivity index (χ2v) is 7.73. The van der Waals surface area contributed by atoms with Gasteiger partial charge in [0.05, 0.1) is 0 Å². The normalized spacial score (nSPS) is 13.5. The Morgan fingerprint density at radius 1 is 1.16 bits per heavy atom. The van der Waals surface area contributed by atoms with E-state index in [2.05, 4.69) is 72.4 Å². The molecule has 2 aromatic rings. The maximum absolute atomic E-state index is 6.30. The zero-order valence-corrected chi connectivity index (χ0v) is 14.0. The number of hydrogen-bond donors (Lipinski definition) is 1. The molecule has 19 heavy (non-hydrogen) atoms. The summed E-state index contributed by atoms with van der Waals surface area (Å²) in [5, 5.41) is 2.09. The van der Waals surface area contributed by atoms with Crippen LogP contribution in [0.15, 0.2) is 40.2 Å². The summed E-state index contributed by atoms with van der Waals surface area (Å²) in [7, 11) is 0. The molecule has 1 atom stereocenters. The predicted octanol–water partition coefficient (Wildman–Crippen LogP) is 5.05. The van der Waals surface area contributed by atoms with E-state index >= 15 is 0 Å². The molecule has 0 aliphatic carbocycles. The van der Waals surface area contributed by atoms with E-state index in [1.165, 1.54) is 20.5 Å². The van der Waals surface area contributed by atoms with Crippen molar-refractivity contribution >= 4 is 27.3 Å². The summed E-state index contributed by atoms with van der Waals surface area (Å²) in [5.74, 6) is 0. The van der Waals surface area contributed by atoms with Gasteiger partial charge in [-0.3, -0.25) is 0 Å². The maximum Gasteiger partial charge on any atom is 0.0344 e. The highest BCUT2D eigenvalue weighted by Crippen LogP contribution is 2.28. The smallest absolute Gasteiger partial charge is 0.0344 e. The summed E-state index contributed by atoms with van der Waals surface area (Å²) < 4.78 is 1.17. The van der Waals surface area contributed by atoms with Crippen molar-refractivity contribution in [3.8, 4) is 0 Å². The largest absolute Gasteiger partial charge is 0.324 e. The van der Waals surface area contributed by atoms with Crippen LogP contribution in [0.5, 0.6) is 0 Å². The fraction of sp³-hybridized carbons (Fsp3) is 0.375. The van der Waals surface area contributed by atoms with Gasteiger partial charge in [0.1, 0.15) is 0 Å². The Labute approximate surface area is 128 Å². The van der Waals surface area contributed by atoms with Gasteiger partial charge >= 0.3 is 0 Å². The van der Waals surface area contributed by atoms with Gasteiger partial charge in [0, 0.05) is 21.8 Å². The Bertz CT molecular complexity index is 537. The molecule has 0 spiro atoms. The number of halogens is 1. The lowest BCUT2D eigenvalue weighted by molar-refractivity contribution is 0.589. The molecule has 0 amide bonds. The molecule has 102 valence electrons. The monoisotopic (exact) mass is 337 g/mol. The van der Waals surface area contributed by atoms with Crippen molar-refractivity contribution in [1.29, 1.82) is 0 Å². The highest BCUT2D eigenvalue weighted by molar-refractivity contribution is 9.10. The Morgan fingerprint density at radius 3 is 2.26 bits per heavy atom. The molecule has 0 saturated heterocycles. The van der Waals surface area contributed by atoms with E-state index in [0.717, 1.165) is 6.42 Å². The lowest BCUT2D eigenvalue weighted by Crippen LogP contribution is -2.15. The van der Waals surface area contributed by atoms with Crippen molar-refractivity contribution in [3.05, 3.63) is 56.2 Å². The third kappa shape index (κ3) is 3.68. The van der Waals surface area contributed by atoms with Gasteiger partial charge < -0.3 is 5.73 Å². The van der Waals surface area contributed by atoms with E-state index in [-0.39, 0.29) is 11.5 Å². The molecule has 2 N–H and O–H groups in total. The topological polar surface area (TPSA) is 26.0 Å². The summed E-state index contributed by atoms with van der Waals surface area (Å²) in [6.07, 6.45) is 0.882. The average Bonchev–Trinajstić information content (AvgIpc) is 2.74. The van der Waals surface area contributed by atoms with E-state index in [9.17, 15) is 0 Å². The lowest BCUT2D eigenvalue weighted by atomic mass is 9.86. The van der Waals surface area contributed by atoms with Gasteiger partial charge in [-0.05, 0) is 43.9 Å². The SMILES string of the molecule is CC(C)(C)c1ccc(C(N)Cc2sccc2Br)cc1. The van der Waals surface area contributed by atoms with Crippen LogP contribution in [0, 0.1) is 0 Å². The van der Waals surface area contributed by atoms with Crippen LogP contribution in [0.2, 0.25) is 0 Å². The molecule has 0 aliphatic rings. The molecular formula is C16H20BrNS. The molecule has 0 radical (unpaired) electrons. The highest BCUT2D eigenvalue weighted by Gasteiger charge is 2.15. The van der Waals surface area contributed by atoms with Gasteiger partial charge in [0.2, 0.25) is 0 Å². The van der Waals surface area contributed by atoms with Crippen LogP contribution < -0.4 is 5.73 Å². The van der Waals surface area contributed by atoms with Crippen LogP contribution >= 0.6 is 27.3 Å². The van der Waals surface area contributed by atoms with Crippen LogP contribution in [0.25, 0.3) is 0 Å². The number of thiophene rings is 1. The van der Waals surface area contributed by atoms with Crippen LogP contribution in [-0.4, -0.2) is 0 Å². The van der Waals surface area contributed by atoms with Crippen molar-refractivity contribution < 1.29 is 0 Å². The van der Waals surface area contributed by atoms with E-state index in [0.29, 0.717) is 0 Å². The average molecular weight is 338 g/mol.